The van der Waals surface area contributed by atoms with Crippen LogP contribution in [0.2, 0.25) is 0 Å². The molecule has 1 amide bonds. The van der Waals surface area contributed by atoms with Crippen LogP contribution in [0.25, 0.3) is 0 Å². The summed E-state index contributed by atoms with van der Waals surface area (Å²) in [7, 11) is -3.18. The lowest BCUT2D eigenvalue weighted by Crippen LogP contribution is -2.30. The molecule has 0 heterocycles. The number of amides is 1. The van der Waals surface area contributed by atoms with Gasteiger partial charge in [0.05, 0.1) is 10.6 Å². The summed E-state index contributed by atoms with van der Waals surface area (Å²) in [5.74, 6) is -0.0692. The standard InChI is InChI=1S/C12H18N2O3S/c1-3-18(16,17)11-6-4-10(5-7-11)12(13)8-14-9(2)15/h4-7,12H,3,8,13H2,1-2H3,(H,14,15). The molecule has 0 aromatic heterocycles. The maximum atomic E-state index is 11.6. The quantitative estimate of drug-likeness (QED) is 0.820. The van der Waals surface area contributed by atoms with Crippen LogP contribution < -0.4 is 11.1 Å². The highest BCUT2D eigenvalue weighted by atomic mass is 32.2. The smallest absolute Gasteiger partial charge is 0.216 e. The summed E-state index contributed by atoms with van der Waals surface area (Å²) < 4.78 is 23.2. The molecule has 0 saturated carbocycles. The van der Waals surface area contributed by atoms with Crippen molar-refractivity contribution in [2.24, 2.45) is 5.73 Å². The zero-order valence-electron chi connectivity index (χ0n) is 10.5. The molecule has 1 unspecified atom stereocenters. The number of carbonyl (C=O) groups excluding carboxylic acids is 1. The van der Waals surface area contributed by atoms with Gasteiger partial charge in [-0.15, -0.1) is 0 Å². The van der Waals surface area contributed by atoms with Crippen LogP contribution in [0.5, 0.6) is 0 Å². The third-order valence-electron chi connectivity index (χ3n) is 2.62. The van der Waals surface area contributed by atoms with Gasteiger partial charge in [0.25, 0.3) is 0 Å². The van der Waals surface area contributed by atoms with Crippen LogP contribution in [0.15, 0.2) is 29.2 Å². The van der Waals surface area contributed by atoms with Gasteiger partial charge < -0.3 is 11.1 Å². The summed E-state index contributed by atoms with van der Waals surface area (Å²) in [5.41, 5.74) is 6.66. The number of nitrogens with two attached hydrogens (primary N) is 1. The first-order chi connectivity index (χ1) is 8.36. The maximum Gasteiger partial charge on any atom is 0.216 e. The molecule has 0 fully saturated rings. The zero-order valence-corrected chi connectivity index (χ0v) is 11.3. The lowest BCUT2D eigenvalue weighted by atomic mass is 10.1. The Kier molecular flexibility index (Phi) is 4.86. The summed E-state index contributed by atoms with van der Waals surface area (Å²) in [4.78, 5) is 11.1. The van der Waals surface area contributed by atoms with Crippen molar-refractivity contribution in [2.45, 2.75) is 24.8 Å². The van der Waals surface area contributed by atoms with Gasteiger partial charge in [0.1, 0.15) is 0 Å². The molecule has 1 aromatic carbocycles. The Morgan fingerprint density at radius 1 is 1.33 bits per heavy atom. The van der Waals surface area contributed by atoms with E-state index in [1.165, 1.54) is 6.92 Å². The van der Waals surface area contributed by atoms with E-state index in [0.717, 1.165) is 5.56 Å². The second kappa shape index (κ2) is 5.97. The average Bonchev–Trinajstić information content (AvgIpc) is 2.36. The first-order valence-electron chi connectivity index (χ1n) is 5.69. The van der Waals surface area contributed by atoms with Crippen LogP contribution in [-0.4, -0.2) is 26.6 Å². The Morgan fingerprint density at radius 2 is 1.89 bits per heavy atom. The van der Waals surface area contributed by atoms with Gasteiger partial charge in [0.15, 0.2) is 9.84 Å². The zero-order chi connectivity index (χ0) is 13.8. The molecule has 0 aliphatic carbocycles. The highest BCUT2D eigenvalue weighted by molar-refractivity contribution is 7.91. The first kappa shape index (κ1) is 14.7. The minimum atomic E-state index is -3.18. The topological polar surface area (TPSA) is 89.3 Å². The van der Waals surface area contributed by atoms with Crippen LogP contribution in [0.3, 0.4) is 0 Å². The van der Waals surface area contributed by atoms with E-state index in [-0.39, 0.29) is 17.7 Å². The number of hydrogen-bond acceptors (Lipinski definition) is 4. The summed E-state index contributed by atoms with van der Waals surface area (Å²) >= 11 is 0. The first-order valence-corrected chi connectivity index (χ1v) is 7.34. The van der Waals surface area contributed by atoms with E-state index in [9.17, 15) is 13.2 Å². The molecule has 5 nitrogen and oxygen atoms in total. The minimum Gasteiger partial charge on any atom is -0.354 e. The van der Waals surface area contributed by atoms with Crippen LogP contribution in [0, 0.1) is 0 Å². The molecule has 18 heavy (non-hydrogen) atoms. The lowest BCUT2D eigenvalue weighted by molar-refractivity contribution is -0.119. The molecule has 1 atom stereocenters. The van der Waals surface area contributed by atoms with Gasteiger partial charge in [0, 0.05) is 19.5 Å². The Hall–Kier alpha value is -1.40. The molecular formula is C12H18N2O3S. The van der Waals surface area contributed by atoms with Gasteiger partial charge >= 0.3 is 0 Å². The van der Waals surface area contributed by atoms with Crippen molar-refractivity contribution in [3.05, 3.63) is 29.8 Å². The molecule has 6 heteroatoms. The van der Waals surface area contributed by atoms with Crippen LogP contribution in [0.1, 0.15) is 25.5 Å². The van der Waals surface area contributed by atoms with Crippen molar-refractivity contribution in [3.8, 4) is 0 Å². The molecule has 1 rings (SSSR count). The molecule has 0 radical (unpaired) electrons. The van der Waals surface area contributed by atoms with Crippen molar-refractivity contribution in [1.29, 1.82) is 0 Å². The van der Waals surface area contributed by atoms with Crippen molar-refractivity contribution < 1.29 is 13.2 Å². The molecule has 0 aliphatic heterocycles. The fourth-order valence-corrected chi connectivity index (χ4v) is 2.34. The predicted octanol–water partition coefficient (Wildman–Crippen LogP) is 0.616. The summed E-state index contributed by atoms with van der Waals surface area (Å²) in [6.45, 7) is 3.35. The van der Waals surface area contributed by atoms with E-state index in [0.29, 0.717) is 11.4 Å². The van der Waals surface area contributed by atoms with Crippen LogP contribution in [0.4, 0.5) is 0 Å². The highest BCUT2D eigenvalue weighted by Crippen LogP contribution is 2.15. The van der Waals surface area contributed by atoms with Gasteiger partial charge in [0.2, 0.25) is 5.91 Å². The number of nitrogens with one attached hydrogen (secondary N) is 1. The van der Waals surface area contributed by atoms with Gasteiger partial charge in [-0.25, -0.2) is 8.42 Å². The van der Waals surface area contributed by atoms with E-state index in [1.807, 2.05) is 0 Å². The Balaban J connectivity index is 2.80. The van der Waals surface area contributed by atoms with E-state index in [4.69, 9.17) is 5.73 Å². The van der Waals surface area contributed by atoms with E-state index in [2.05, 4.69) is 5.32 Å². The van der Waals surface area contributed by atoms with Gasteiger partial charge in [-0.3, -0.25) is 4.79 Å². The fraction of sp³-hybridized carbons (Fsp3) is 0.417. The SMILES string of the molecule is CCS(=O)(=O)c1ccc(C(N)CNC(C)=O)cc1. The van der Waals surface area contributed by atoms with E-state index >= 15 is 0 Å². The molecule has 0 aliphatic rings. The third-order valence-corrected chi connectivity index (χ3v) is 4.37. The van der Waals surface area contributed by atoms with Crippen LogP contribution >= 0.6 is 0 Å². The number of hydrogen-bond donors (Lipinski definition) is 2. The minimum absolute atomic E-state index is 0.0737. The van der Waals surface area contributed by atoms with E-state index in [1.54, 1.807) is 31.2 Å². The van der Waals surface area contributed by atoms with Crippen molar-refractivity contribution in [2.75, 3.05) is 12.3 Å². The van der Waals surface area contributed by atoms with Gasteiger partial charge in [-0.1, -0.05) is 19.1 Å². The Bertz CT molecular complexity index is 509. The number of benzene rings is 1. The highest BCUT2D eigenvalue weighted by Gasteiger charge is 2.12. The van der Waals surface area contributed by atoms with E-state index < -0.39 is 9.84 Å². The van der Waals surface area contributed by atoms with Gasteiger partial charge in [-0.2, -0.15) is 0 Å². The second-order valence-electron chi connectivity index (χ2n) is 4.02. The molecule has 3 N–H and O–H groups in total. The molecule has 0 bridgehead atoms. The monoisotopic (exact) mass is 270 g/mol. The molecular weight excluding hydrogens is 252 g/mol. The molecule has 0 saturated heterocycles. The summed E-state index contributed by atoms with van der Waals surface area (Å²) in [5, 5.41) is 2.62. The summed E-state index contributed by atoms with van der Waals surface area (Å²) in [6.07, 6.45) is 0. The number of sulfone groups is 1. The molecule has 0 spiro atoms. The van der Waals surface area contributed by atoms with Crippen molar-refractivity contribution in [3.63, 3.8) is 0 Å². The maximum absolute atomic E-state index is 11.6. The van der Waals surface area contributed by atoms with Crippen LogP contribution in [-0.2, 0) is 14.6 Å². The average molecular weight is 270 g/mol. The second-order valence-corrected chi connectivity index (χ2v) is 6.29. The molecule has 100 valence electrons. The third kappa shape index (κ3) is 3.82. The number of rotatable bonds is 5. The number of carbonyl (C=O) groups is 1. The van der Waals surface area contributed by atoms with Crippen molar-refractivity contribution >= 4 is 15.7 Å². The summed E-state index contributed by atoms with van der Waals surface area (Å²) in [6, 6.07) is 6.10. The predicted molar refractivity (Wildman–Crippen MR) is 69.8 cm³/mol. The Labute approximate surface area is 107 Å². The lowest BCUT2D eigenvalue weighted by Gasteiger charge is -2.12. The van der Waals surface area contributed by atoms with Crippen molar-refractivity contribution in [1.82, 2.24) is 5.32 Å². The normalized spacial score (nSPS) is 13.1. The largest absolute Gasteiger partial charge is 0.354 e. The van der Waals surface area contributed by atoms with Gasteiger partial charge in [-0.05, 0) is 17.7 Å². The molecule has 1 aromatic rings. The fourth-order valence-electron chi connectivity index (χ4n) is 1.46. The Morgan fingerprint density at radius 3 is 2.33 bits per heavy atom.